The zero-order valence-electron chi connectivity index (χ0n) is 14.1. The van der Waals surface area contributed by atoms with Gasteiger partial charge in [0.05, 0.1) is 11.2 Å². The van der Waals surface area contributed by atoms with Gasteiger partial charge in [-0.2, -0.15) is 5.10 Å². The first-order valence-electron chi connectivity index (χ1n) is 7.88. The van der Waals surface area contributed by atoms with Crippen molar-refractivity contribution in [3.63, 3.8) is 0 Å². The Morgan fingerprint density at radius 1 is 1.19 bits per heavy atom. The summed E-state index contributed by atoms with van der Waals surface area (Å²) in [5, 5.41) is 9.60. The van der Waals surface area contributed by atoms with Crippen LogP contribution in [0.2, 0.25) is 0 Å². The first-order chi connectivity index (χ1) is 9.80. The Morgan fingerprint density at radius 3 is 2.38 bits per heavy atom. The molecule has 0 amide bonds. The fraction of sp³-hybridized carbons (Fsp3) is 0.611. The van der Waals surface area contributed by atoms with Gasteiger partial charge in [0.15, 0.2) is 0 Å². The summed E-state index contributed by atoms with van der Waals surface area (Å²) in [6.45, 7) is 9.55. The molecule has 1 unspecified atom stereocenters. The van der Waals surface area contributed by atoms with E-state index >= 15 is 0 Å². The molecular weight excluding hydrogens is 258 g/mol. The minimum Gasteiger partial charge on any atom is -0.316 e. The molecule has 1 aliphatic rings. The van der Waals surface area contributed by atoms with Crippen LogP contribution in [0, 0.1) is 16.7 Å². The maximum absolute atomic E-state index is 4.76. The highest BCUT2D eigenvalue weighted by molar-refractivity contribution is 5.81. The van der Waals surface area contributed by atoms with Gasteiger partial charge in [0, 0.05) is 24.9 Å². The van der Waals surface area contributed by atoms with E-state index < -0.39 is 0 Å². The average molecular weight is 285 g/mol. The second-order valence-electron chi connectivity index (χ2n) is 7.61. The molecule has 1 aromatic heterocycles. The second-order valence-corrected chi connectivity index (χ2v) is 7.61. The highest BCUT2D eigenvalue weighted by atomic mass is 15.3. The molecule has 0 radical (unpaired) electrons. The van der Waals surface area contributed by atoms with Crippen LogP contribution in [-0.4, -0.2) is 22.9 Å². The number of hydrogen-bond donors (Lipinski definition) is 1. The molecule has 1 atom stereocenters. The molecule has 1 aromatic carbocycles. The monoisotopic (exact) mass is 285 g/mol. The van der Waals surface area contributed by atoms with Gasteiger partial charge in [0.1, 0.15) is 0 Å². The molecule has 21 heavy (non-hydrogen) atoms. The van der Waals surface area contributed by atoms with E-state index in [1.54, 1.807) is 0 Å². The maximum Gasteiger partial charge on any atom is 0.0718 e. The van der Waals surface area contributed by atoms with E-state index in [9.17, 15) is 0 Å². The second kappa shape index (κ2) is 4.57. The Morgan fingerprint density at radius 2 is 1.81 bits per heavy atom. The van der Waals surface area contributed by atoms with Gasteiger partial charge in [-0.15, -0.1) is 0 Å². The van der Waals surface area contributed by atoms with Gasteiger partial charge in [0.25, 0.3) is 0 Å². The molecule has 1 N–H and O–H groups in total. The zero-order valence-corrected chi connectivity index (χ0v) is 14.1. The summed E-state index contributed by atoms with van der Waals surface area (Å²) in [5.74, 6) is 0.691. The van der Waals surface area contributed by atoms with Gasteiger partial charge in [0.2, 0.25) is 0 Å². The molecule has 1 fully saturated rings. The molecule has 2 aromatic rings. The molecular formula is C18H27N3. The lowest BCUT2D eigenvalue weighted by Crippen LogP contribution is -2.32. The van der Waals surface area contributed by atoms with Crippen molar-refractivity contribution in [2.24, 2.45) is 23.8 Å². The molecule has 114 valence electrons. The fourth-order valence-electron chi connectivity index (χ4n) is 4.29. The minimum absolute atomic E-state index is 0.394. The molecule has 1 aliphatic carbocycles. The smallest absolute Gasteiger partial charge is 0.0718 e. The van der Waals surface area contributed by atoms with Crippen molar-refractivity contribution in [3.05, 3.63) is 30.0 Å². The largest absolute Gasteiger partial charge is 0.316 e. The van der Waals surface area contributed by atoms with Crippen molar-refractivity contribution in [3.8, 4) is 0 Å². The maximum atomic E-state index is 4.76. The third-order valence-corrected chi connectivity index (χ3v) is 6.15. The number of hydrogen-bond acceptors (Lipinski definition) is 2. The van der Waals surface area contributed by atoms with Crippen LogP contribution in [-0.2, 0) is 13.5 Å². The van der Waals surface area contributed by atoms with E-state index in [1.165, 1.54) is 16.6 Å². The Labute approximate surface area is 127 Å². The SMILES string of the molecule is CNC(Cc1nn(C)c2ccccc12)C1C(C)(C)C1(C)C. The third-order valence-electron chi connectivity index (χ3n) is 6.15. The van der Waals surface area contributed by atoms with E-state index in [4.69, 9.17) is 5.10 Å². The lowest BCUT2D eigenvalue weighted by molar-refractivity contribution is 0.417. The van der Waals surface area contributed by atoms with E-state index in [1.807, 2.05) is 11.7 Å². The third kappa shape index (κ3) is 2.02. The number of nitrogens with one attached hydrogen (secondary N) is 1. The Balaban J connectivity index is 1.91. The quantitative estimate of drug-likeness (QED) is 0.933. The number of rotatable bonds is 4. The number of aryl methyl sites for hydroxylation is 1. The fourth-order valence-corrected chi connectivity index (χ4v) is 4.29. The number of likely N-dealkylation sites (N-methyl/N-ethyl adjacent to an activating group) is 1. The summed E-state index contributed by atoms with van der Waals surface area (Å²) in [6.07, 6.45) is 0.995. The van der Waals surface area contributed by atoms with Crippen LogP contribution in [0.5, 0.6) is 0 Å². The van der Waals surface area contributed by atoms with Gasteiger partial charge in [-0.1, -0.05) is 45.9 Å². The van der Waals surface area contributed by atoms with E-state index in [0.717, 1.165) is 6.42 Å². The van der Waals surface area contributed by atoms with Gasteiger partial charge in [-0.25, -0.2) is 0 Å². The normalized spacial score (nSPS) is 21.6. The topological polar surface area (TPSA) is 29.9 Å². The standard InChI is InChI=1S/C18H27N3/c1-17(2)16(18(17,3)4)14(19-5)11-13-12-9-7-8-10-15(12)21(6)20-13/h7-10,14,16,19H,11H2,1-6H3. The van der Waals surface area contributed by atoms with Crippen LogP contribution in [0.3, 0.4) is 0 Å². The van der Waals surface area contributed by atoms with Crippen LogP contribution >= 0.6 is 0 Å². The van der Waals surface area contributed by atoms with Crippen molar-refractivity contribution in [1.29, 1.82) is 0 Å². The van der Waals surface area contributed by atoms with Crippen LogP contribution < -0.4 is 5.32 Å². The first-order valence-corrected chi connectivity index (χ1v) is 7.88. The predicted molar refractivity (Wildman–Crippen MR) is 88.3 cm³/mol. The van der Waals surface area contributed by atoms with Crippen molar-refractivity contribution in [1.82, 2.24) is 15.1 Å². The number of benzene rings is 1. The molecule has 3 nitrogen and oxygen atoms in total. The number of para-hydroxylation sites is 1. The summed E-state index contributed by atoms with van der Waals surface area (Å²) >= 11 is 0. The Bertz CT molecular complexity index is 652. The molecule has 0 spiro atoms. The highest BCUT2D eigenvalue weighted by Gasteiger charge is 2.66. The summed E-state index contributed by atoms with van der Waals surface area (Å²) in [5.41, 5.74) is 3.22. The summed E-state index contributed by atoms with van der Waals surface area (Å²) in [4.78, 5) is 0. The highest BCUT2D eigenvalue weighted by Crippen LogP contribution is 2.69. The van der Waals surface area contributed by atoms with Gasteiger partial charge in [-0.3, -0.25) is 4.68 Å². The van der Waals surface area contributed by atoms with Gasteiger partial charge >= 0.3 is 0 Å². The Kier molecular flexibility index (Phi) is 3.17. The van der Waals surface area contributed by atoms with Crippen LogP contribution in [0.15, 0.2) is 24.3 Å². The molecule has 0 aliphatic heterocycles. The molecule has 3 heteroatoms. The van der Waals surface area contributed by atoms with Gasteiger partial charge < -0.3 is 5.32 Å². The van der Waals surface area contributed by atoms with Crippen LogP contribution in [0.1, 0.15) is 33.4 Å². The zero-order chi connectivity index (χ0) is 15.4. The van der Waals surface area contributed by atoms with Gasteiger partial charge in [-0.05, 0) is 29.9 Å². The van der Waals surface area contributed by atoms with E-state index in [-0.39, 0.29) is 0 Å². The summed E-state index contributed by atoms with van der Waals surface area (Å²) in [6, 6.07) is 9.00. The lowest BCUT2D eigenvalue weighted by atomic mass is 9.98. The first kappa shape index (κ1) is 14.6. The van der Waals surface area contributed by atoms with Crippen molar-refractivity contribution < 1.29 is 0 Å². The van der Waals surface area contributed by atoms with E-state index in [0.29, 0.717) is 22.8 Å². The summed E-state index contributed by atoms with van der Waals surface area (Å²) in [7, 11) is 4.12. The molecule has 3 rings (SSSR count). The number of nitrogens with zero attached hydrogens (tertiary/aromatic N) is 2. The lowest BCUT2D eigenvalue weighted by Gasteiger charge is -2.17. The number of fused-ring (bicyclic) bond motifs is 1. The van der Waals surface area contributed by atoms with E-state index in [2.05, 4.69) is 64.3 Å². The van der Waals surface area contributed by atoms with Crippen molar-refractivity contribution >= 4 is 10.9 Å². The summed E-state index contributed by atoms with van der Waals surface area (Å²) < 4.78 is 2.00. The molecule has 1 heterocycles. The van der Waals surface area contributed by atoms with Crippen molar-refractivity contribution in [2.45, 2.75) is 40.2 Å². The number of aromatic nitrogens is 2. The average Bonchev–Trinajstić information content (AvgIpc) is 2.70. The van der Waals surface area contributed by atoms with Crippen molar-refractivity contribution in [2.75, 3.05) is 7.05 Å². The molecule has 1 saturated carbocycles. The molecule has 0 saturated heterocycles. The minimum atomic E-state index is 0.394. The van der Waals surface area contributed by atoms with Crippen LogP contribution in [0.4, 0.5) is 0 Å². The van der Waals surface area contributed by atoms with Crippen LogP contribution in [0.25, 0.3) is 10.9 Å². The molecule has 0 bridgehead atoms. The predicted octanol–water partition coefficient (Wildman–Crippen LogP) is 3.39. The Hall–Kier alpha value is -1.35.